The van der Waals surface area contributed by atoms with Crippen LogP contribution in [0.4, 0.5) is 0 Å². The van der Waals surface area contributed by atoms with Crippen LogP contribution in [0.3, 0.4) is 0 Å². The fourth-order valence-corrected chi connectivity index (χ4v) is 2.30. The summed E-state index contributed by atoms with van der Waals surface area (Å²) in [7, 11) is 0. The van der Waals surface area contributed by atoms with Gasteiger partial charge in [-0.05, 0) is 39.0 Å². The van der Waals surface area contributed by atoms with Crippen LogP contribution in [0.15, 0.2) is 17.8 Å². The van der Waals surface area contributed by atoms with Crippen LogP contribution in [-0.4, -0.2) is 23.5 Å². The quantitative estimate of drug-likeness (QED) is 0.338. The van der Waals surface area contributed by atoms with E-state index in [4.69, 9.17) is 9.94 Å². The van der Waals surface area contributed by atoms with E-state index in [2.05, 4.69) is 11.7 Å². The monoisotopic (exact) mass is 225 g/mol. The third kappa shape index (κ3) is 2.26. The van der Waals surface area contributed by atoms with Gasteiger partial charge in [0, 0.05) is 0 Å². The van der Waals surface area contributed by atoms with Gasteiger partial charge in [-0.25, -0.2) is 0 Å². The Bertz CT molecular complexity index is 299. The molecule has 0 spiro atoms. The fraction of sp³-hybridized carbons (Fsp3) is 0.667. The normalized spacial score (nSPS) is 26.9. The largest absolute Gasteiger partial charge is 0.465 e. The number of carbonyl (C=O) groups excluding carboxylic acids is 1. The molecule has 4 heteroatoms. The Labute approximate surface area is 96.0 Å². The zero-order chi connectivity index (χ0) is 12.0. The molecule has 0 aromatic heterocycles. The van der Waals surface area contributed by atoms with E-state index >= 15 is 0 Å². The van der Waals surface area contributed by atoms with Gasteiger partial charge in [0.15, 0.2) is 0 Å². The lowest BCUT2D eigenvalue weighted by molar-refractivity contribution is -0.151. The number of allylic oxidation sites excluding steroid dienone is 1. The van der Waals surface area contributed by atoms with Crippen LogP contribution >= 0.6 is 0 Å². The van der Waals surface area contributed by atoms with Crippen LogP contribution in [0, 0.1) is 5.41 Å². The lowest BCUT2D eigenvalue weighted by Crippen LogP contribution is -2.37. The average molecular weight is 225 g/mol. The standard InChI is InChI=1S/C12H19NO3/c1-3-5-8-12(11(14)16-4-2)9-6-7-10(12)13-15/h3,15H,1,4-9H2,2H3/b13-10-/t12-/m0/s1. The first-order chi connectivity index (χ1) is 7.71. The van der Waals surface area contributed by atoms with Crippen molar-refractivity contribution in [3.63, 3.8) is 0 Å². The molecule has 1 saturated carbocycles. The van der Waals surface area contributed by atoms with Gasteiger partial charge >= 0.3 is 5.97 Å². The van der Waals surface area contributed by atoms with Crippen LogP contribution in [0.2, 0.25) is 0 Å². The zero-order valence-electron chi connectivity index (χ0n) is 9.74. The first-order valence-electron chi connectivity index (χ1n) is 5.70. The summed E-state index contributed by atoms with van der Waals surface area (Å²) >= 11 is 0. The molecule has 1 N–H and O–H groups in total. The second-order valence-electron chi connectivity index (χ2n) is 4.03. The van der Waals surface area contributed by atoms with Crippen LogP contribution < -0.4 is 0 Å². The smallest absolute Gasteiger partial charge is 0.317 e. The Hall–Kier alpha value is -1.32. The van der Waals surface area contributed by atoms with Gasteiger partial charge in [-0.2, -0.15) is 0 Å². The average Bonchev–Trinajstić information content (AvgIpc) is 2.70. The Morgan fingerprint density at radius 3 is 3.06 bits per heavy atom. The van der Waals surface area contributed by atoms with Gasteiger partial charge in [0.25, 0.3) is 0 Å². The number of hydrogen-bond donors (Lipinski definition) is 1. The SMILES string of the molecule is C=CCC[C@]1(C(=O)OCC)CCC/C1=N/O. The molecule has 16 heavy (non-hydrogen) atoms. The third-order valence-corrected chi connectivity index (χ3v) is 3.13. The first kappa shape index (κ1) is 12.7. The molecule has 1 aliphatic carbocycles. The highest BCUT2D eigenvalue weighted by Gasteiger charge is 2.47. The zero-order valence-corrected chi connectivity index (χ0v) is 9.74. The molecule has 0 saturated heterocycles. The molecular weight excluding hydrogens is 206 g/mol. The molecule has 0 radical (unpaired) electrons. The molecule has 1 fully saturated rings. The Morgan fingerprint density at radius 1 is 1.75 bits per heavy atom. The van der Waals surface area contributed by atoms with Gasteiger partial charge in [-0.3, -0.25) is 4.79 Å². The molecule has 1 aliphatic rings. The van der Waals surface area contributed by atoms with Gasteiger partial charge in [-0.1, -0.05) is 11.2 Å². The Morgan fingerprint density at radius 2 is 2.50 bits per heavy atom. The highest BCUT2D eigenvalue weighted by atomic mass is 16.5. The molecule has 0 aromatic rings. The molecule has 90 valence electrons. The van der Waals surface area contributed by atoms with E-state index in [1.165, 1.54) is 0 Å². The van der Waals surface area contributed by atoms with Crippen molar-refractivity contribution in [3.05, 3.63) is 12.7 Å². The van der Waals surface area contributed by atoms with E-state index in [0.29, 0.717) is 31.6 Å². The van der Waals surface area contributed by atoms with E-state index in [1.807, 2.05) is 0 Å². The summed E-state index contributed by atoms with van der Waals surface area (Å²) in [5.74, 6) is -0.262. The minimum Gasteiger partial charge on any atom is -0.465 e. The minimum absolute atomic E-state index is 0.262. The molecule has 0 amide bonds. The van der Waals surface area contributed by atoms with Crippen LogP contribution in [-0.2, 0) is 9.53 Å². The second-order valence-corrected chi connectivity index (χ2v) is 4.03. The van der Waals surface area contributed by atoms with Crippen molar-refractivity contribution in [2.75, 3.05) is 6.61 Å². The van der Waals surface area contributed by atoms with Crippen LogP contribution in [0.25, 0.3) is 0 Å². The van der Waals surface area contributed by atoms with Gasteiger partial charge in [-0.15, -0.1) is 6.58 Å². The molecule has 1 rings (SSSR count). The number of hydrogen-bond acceptors (Lipinski definition) is 4. The summed E-state index contributed by atoms with van der Waals surface area (Å²) in [4.78, 5) is 12.0. The van der Waals surface area contributed by atoms with Crippen molar-refractivity contribution in [1.82, 2.24) is 0 Å². The molecular formula is C12H19NO3. The van der Waals surface area contributed by atoms with E-state index in [0.717, 1.165) is 12.8 Å². The summed E-state index contributed by atoms with van der Waals surface area (Å²) in [6.07, 6.45) is 5.36. The summed E-state index contributed by atoms with van der Waals surface area (Å²) in [6, 6.07) is 0. The molecule has 0 aliphatic heterocycles. The number of ether oxygens (including phenoxy) is 1. The maximum absolute atomic E-state index is 12.0. The molecule has 0 heterocycles. The van der Waals surface area contributed by atoms with E-state index in [1.54, 1.807) is 13.0 Å². The van der Waals surface area contributed by atoms with Gasteiger partial charge in [0.05, 0.1) is 12.3 Å². The lowest BCUT2D eigenvalue weighted by Gasteiger charge is -2.26. The predicted octanol–water partition coefficient (Wildman–Crippen LogP) is 2.52. The van der Waals surface area contributed by atoms with Crippen LogP contribution in [0.5, 0.6) is 0 Å². The summed E-state index contributed by atoms with van der Waals surface area (Å²) in [5, 5.41) is 12.3. The van der Waals surface area contributed by atoms with Crippen molar-refractivity contribution in [2.24, 2.45) is 10.6 Å². The van der Waals surface area contributed by atoms with Crippen molar-refractivity contribution >= 4 is 11.7 Å². The molecule has 1 atom stereocenters. The van der Waals surface area contributed by atoms with Crippen LogP contribution in [0.1, 0.15) is 39.0 Å². The number of oxime groups is 1. The summed E-state index contributed by atoms with van der Waals surface area (Å²) < 4.78 is 5.09. The predicted molar refractivity (Wildman–Crippen MR) is 61.6 cm³/mol. The third-order valence-electron chi connectivity index (χ3n) is 3.13. The topological polar surface area (TPSA) is 58.9 Å². The maximum Gasteiger partial charge on any atom is 0.317 e. The van der Waals surface area contributed by atoms with Gasteiger partial charge in [0.1, 0.15) is 5.41 Å². The highest BCUT2D eigenvalue weighted by Crippen LogP contribution is 2.41. The number of rotatable bonds is 5. The van der Waals surface area contributed by atoms with Crippen molar-refractivity contribution in [1.29, 1.82) is 0 Å². The summed E-state index contributed by atoms with van der Waals surface area (Å²) in [5.41, 5.74) is -0.147. The molecule has 0 bridgehead atoms. The minimum atomic E-state index is -0.709. The van der Waals surface area contributed by atoms with Gasteiger partial charge < -0.3 is 9.94 Å². The number of esters is 1. The first-order valence-corrected chi connectivity index (χ1v) is 5.70. The van der Waals surface area contributed by atoms with Crippen molar-refractivity contribution in [2.45, 2.75) is 39.0 Å². The van der Waals surface area contributed by atoms with Gasteiger partial charge in [0.2, 0.25) is 0 Å². The second kappa shape index (κ2) is 5.68. The van der Waals surface area contributed by atoms with E-state index in [-0.39, 0.29) is 5.97 Å². The number of carbonyl (C=O) groups is 1. The lowest BCUT2D eigenvalue weighted by atomic mass is 9.80. The Kier molecular flexibility index (Phi) is 4.52. The van der Waals surface area contributed by atoms with Crippen molar-refractivity contribution < 1.29 is 14.7 Å². The highest BCUT2D eigenvalue weighted by molar-refractivity contribution is 6.07. The maximum atomic E-state index is 12.0. The van der Waals surface area contributed by atoms with Crippen molar-refractivity contribution in [3.8, 4) is 0 Å². The molecule has 0 unspecified atom stereocenters. The fourth-order valence-electron chi connectivity index (χ4n) is 2.30. The van der Waals surface area contributed by atoms with E-state index in [9.17, 15) is 4.79 Å². The van der Waals surface area contributed by atoms with E-state index < -0.39 is 5.41 Å². The Balaban J connectivity index is 2.91. The summed E-state index contributed by atoms with van der Waals surface area (Å²) in [6.45, 7) is 5.79. The number of nitrogens with zero attached hydrogens (tertiary/aromatic N) is 1. The molecule has 0 aromatic carbocycles. The molecule has 4 nitrogen and oxygen atoms in total.